The van der Waals surface area contributed by atoms with Crippen molar-refractivity contribution in [3.8, 4) is 0 Å². The highest BCUT2D eigenvalue weighted by Crippen LogP contribution is 2.33. The quantitative estimate of drug-likeness (QED) is 0.699. The van der Waals surface area contributed by atoms with E-state index in [0.717, 1.165) is 16.8 Å². The second-order valence-corrected chi connectivity index (χ2v) is 7.09. The largest absolute Gasteiger partial charge is 0.324 e. The van der Waals surface area contributed by atoms with Gasteiger partial charge in [-0.3, -0.25) is 0 Å². The maximum Gasteiger partial charge on any atom is 0.0308 e. The van der Waals surface area contributed by atoms with Gasteiger partial charge in [0.1, 0.15) is 0 Å². The molecule has 0 saturated heterocycles. The van der Waals surface area contributed by atoms with Gasteiger partial charge < -0.3 is 5.73 Å². The second-order valence-electron chi connectivity index (χ2n) is 5.01. The van der Waals surface area contributed by atoms with Crippen LogP contribution in [0.4, 0.5) is 0 Å². The Morgan fingerprint density at radius 3 is 2.71 bits per heavy atom. The first-order chi connectivity index (χ1) is 8.16. The Morgan fingerprint density at radius 1 is 1.29 bits per heavy atom. The van der Waals surface area contributed by atoms with Crippen LogP contribution in [-0.4, -0.2) is 0 Å². The predicted molar refractivity (Wildman–Crippen MR) is 85.0 cm³/mol. The number of rotatable bonds is 3. The molecule has 0 aromatic heterocycles. The molecule has 1 aromatic carbocycles. The van der Waals surface area contributed by atoms with Gasteiger partial charge in [-0.05, 0) is 58.7 Å². The Kier molecular flexibility index (Phi) is 5.30. The van der Waals surface area contributed by atoms with Crippen LogP contribution >= 0.6 is 38.5 Å². The summed E-state index contributed by atoms with van der Waals surface area (Å²) in [5, 5.41) is 0. The lowest BCUT2D eigenvalue weighted by Gasteiger charge is -2.25. The van der Waals surface area contributed by atoms with E-state index in [-0.39, 0.29) is 6.04 Å². The van der Waals surface area contributed by atoms with Crippen molar-refractivity contribution in [1.29, 1.82) is 0 Å². The molecule has 17 heavy (non-hydrogen) atoms. The van der Waals surface area contributed by atoms with Crippen LogP contribution in [0.2, 0.25) is 0 Å². The molecule has 2 rings (SSSR count). The molecule has 2 N–H and O–H groups in total. The Morgan fingerprint density at radius 2 is 2.00 bits per heavy atom. The van der Waals surface area contributed by atoms with Crippen LogP contribution in [0.5, 0.6) is 0 Å². The average Bonchev–Trinajstić information content (AvgIpc) is 2.33. The van der Waals surface area contributed by atoms with Crippen molar-refractivity contribution >= 4 is 38.5 Å². The Labute approximate surface area is 126 Å². The zero-order chi connectivity index (χ0) is 12.3. The minimum atomic E-state index is 0.197. The first-order valence-corrected chi connectivity index (χ1v) is 8.24. The SMILES string of the molecule is NC(CC1CCCCC1)c1cc(Br)ccc1I. The molecule has 0 radical (unpaired) electrons. The van der Waals surface area contributed by atoms with Gasteiger partial charge in [0.25, 0.3) is 0 Å². The number of hydrogen-bond donors (Lipinski definition) is 1. The molecule has 1 aliphatic carbocycles. The van der Waals surface area contributed by atoms with Crippen LogP contribution in [-0.2, 0) is 0 Å². The predicted octanol–water partition coefficient (Wildman–Crippen LogP) is 5.02. The van der Waals surface area contributed by atoms with Crippen molar-refractivity contribution in [1.82, 2.24) is 0 Å². The molecule has 1 atom stereocenters. The summed E-state index contributed by atoms with van der Waals surface area (Å²) in [5.41, 5.74) is 7.67. The molecule has 1 nitrogen and oxygen atoms in total. The Balaban J connectivity index is 2.02. The van der Waals surface area contributed by atoms with Gasteiger partial charge in [-0.15, -0.1) is 0 Å². The summed E-state index contributed by atoms with van der Waals surface area (Å²) in [7, 11) is 0. The number of nitrogens with two attached hydrogens (primary N) is 1. The normalized spacial score (nSPS) is 19.2. The van der Waals surface area contributed by atoms with E-state index in [4.69, 9.17) is 5.73 Å². The van der Waals surface area contributed by atoms with Gasteiger partial charge in [0, 0.05) is 14.1 Å². The summed E-state index contributed by atoms with van der Waals surface area (Å²) in [5.74, 6) is 0.841. The Hall–Kier alpha value is 0.390. The third-order valence-electron chi connectivity index (χ3n) is 3.67. The molecule has 1 aliphatic rings. The van der Waals surface area contributed by atoms with Gasteiger partial charge in [-0.2, -0.15) is 0 Å². The number of hydrogen-bond acceptors (Lipinski definition) is 1. The molecule has 1 fully saturated rings. The highest BCUT2D eigenvalue weighted by molar-refractivity contribution is 14.1. The first kappa shape index (κ1) is 13.8. The van der Waals surface area contributed by atoms with Crippen LogP contribution in [0.25, 0.3) is 0 Å². The summed E-state index contributed by atoms with van der Waals surface area (Å²) < 4.78 is 2.42. The van der Waals surface area contributed by atoms with Crippen molar-refractivity contribution in [3.63, 3.8) is 0 Å². The van der Waals surface area contributed by atoms with Gasteiger partial charge in [-0.1, -0.05) is 48.0 Å². The van der Waals surface area contributed by atoms with Crippen LogP contribution in [0.3, 0.4) is 0 Å². The van der Waals surface area contributed by atoms with Crippen molar-refractivity contribution in [2.24, 2.45) is 11.7 Å². The molecule has 0 amide bonds. The monoisotopic (exact) mass is 407 g/mol. The van der Waals surface area contributed by atoms with E-state index < -0.39 is 0 Å². The number of benzene rings is 1. The smallest absolute Gasteiger partial charge is 0.0308 e. The summed E-state index contributed by atoms with van der Waals surface area (Å²) in [6, 6.07) is 6.59. The lowest BCUT2D eigenvalue weighted by molar-refractivity contribution is 0.319. The van der Waals surface area contributed by atoms with Gasteiger partial charge in [0.15, 0.2) is 0 Å². The van der Waals surface area contributed by atoms with Crippen molar-refractivity contribution in [3.05, 3.63) is 31.8 Å². The van der Waals surface area contributed by atoms with Crippen molar-refractivity contribution < 1.29 is 0 Å². The van der Waals surface area contributed by atoms with E-state index in [1.807, 2.05) is 0 Å². The number of halogens is 2. The maximum atomic E-state index is 6.37. The van der Waals surface area contributed by atoms with Crippen LogP contribution in [0.15, 0.2) is 22.7 Å². The van der Waals surface area contributed by atoms with Gasteiger partial charge >= 0.3 is 0 Å². The van der Waals surface area contributed by atoms with Crippen LogP contribution < -0.4 is 5.73 Å². The molecular formula is C14H19BrIN. The zero-order valence-corrected chi connectivity index (χ0v) is 13.7. The fourth-order valence-corrected chi connectivity index (χ4v) is 3.82. The first-order valence-electron chi connectivity index (χ1n) is 6.37. The third-order valence-corrected chi connectivity index (χ3v) is 5.15. The summed E-state index contributed by atoms with van der Waals surface area (Å²) in [4.78, 5) is 0. The van der Waals surface area contributed by atoms with Gasteiger partial charge in [0.2, 0.25) is 0 Å². The van der Waals surface area contributed by atoms with E-state index in [1.165, 1.54) is 41.2 Å². The van der Waals surface area contributed by atoms with Gasteiger partial charge in [-0.25, -0.2) is 0 Å². The van der Waals surface area contributed by atoms with E-state index in [2.05, 4.69) is 56.7 Å². The van der Waals surface area contributed by atoms with Crippen molar-refractivity contribution in [2.75, 3.05) is 0 Å². The van der Waals surface area contributed by atoms with Crippen molar-refractivity contribution in [2.45, 2.75) is 44.6 Å². The van der Waals surface area contributed by atoms with Crippen LogP contribution in [0, 0.1) is 9.49 Å². The molecule has 0 heterocycles. The Bertz CT molecular complexity index is 374. The average molecular weight is 408 g/mol. The van der Waals surface area contributed by atoms with E-state index in [0.29, 0.717) is 0 Å². The summed E-state index contributed by atoms with van der Waals surface area (Å²) in [6.07, 6.45) is 8.10. The highest BCUT2D eigenvalue weighted by atomic mass is 127. The molecule has 0 bridgehead atoms. The topological polar surface area (TPSA) is 26.0 Å². The molecular weight excluding hydrogens is 389 g/mol. The fourth-order valence-electron chi connectivity index (χ4n) is 2.71. The van der Waals surface area contributed by atoms with E-state index in [9.17, 15) is 0 Å². The molecule has 3 heteroatoms. The zero-order valence-electron chi connectivity index (χ0n) is 9.96. The highest BCUT2D eigenvalue weighted by Gasteiger charge is 2.19. The molecule has 1 saturated carbocycles. The fraction of sp³-hybridized carbons (Fsp3) is 0.571. The lowest BCUT2D eigenvalue weighted by atomic mass is 9.83. The van der Waals surface area contributed by atoms with E-state index >= 15 is 0 Å². The minimum absolute atomic E-state index is 0.197. The minimum Gasteiger partial charge on any atom is -0.324 e. The molecule has 1 aromatic rings. The standard InChI is InChI=1S/C14H19BrIN/c15-11-6-7-13(16)12(9-11)14(17)8-10-4-2-1-3-5-10/h6-7,9-10,14H,1-5,8,17H2. The molecule has 94 valence electrons. The molecule has 0 aliphatic heterocycles. The lowest BCUT2D eigenvalue weighted by Crippen LogP contribution is -2.18. The molecule has 1 unspecified atom stereocenters. The molecule has 0 spiro atoms. The van der Waals surface area contributed by atoms with E-state index in [1.54, 1.807) is 0 Å². The van der Waals surface area contributed by atoms with Crippen LogP contribution in [0.1, 0.15) is 50.1 Å². The maximum absolute atomic E-state index is 6.37. The summed E-state index contributed by atoms with van der Waals surface area (Å²) >= 11 is 5.92. The third kappa shape index (κ3) is 3.93. The second kappa shape index (κ2) is 6.53. The van der Waals surface area contributed by atoms with Gasteiger partial charge in [0.05, 0.1) is 0 Å². The summed E-state index contributed by atoms with van der Waals surface area (Å²) in [6.45, 7) is 0.